The number of hydrogen-bond acceptors (Lipinski definition) is 4. The summed E-state index contributed by atoms with van der Waals surface area (Å²) in [6.45, 7) is 22.7. The van der Waals surface area contributed by atoms with Crippen LogP contribution in [0.15, 0.2) is 0 Å². The highest BCUT2D eigenvalue weighted by molar-refractivity contribution is 6.74. The third-order valence-corrected chi connectivity index (χ3v) is 9.29. The van der Waals surface area contributed by atoms with E-state index in [9.17, 15) is 9.90 Å². The van der Waals surface area contributed by atoms with Gasteiger partial charge in [-0.2, -0.15) is 0 Å². The van der Waals surface area contributed by atoms with Gasteiger partial charge >= 0.3 is 5.97 Å². The molecule has 0 amide bonds. The Kier molecular flexibility index (Phi) is 8.19. The molecular weight excluding hydrogens is 320 g/mol. The molecule has 0 saturated carbocycles. The molecule has 144 valence electrons. The summed E-state index contributed by atoms with van der Waals surface area (Å²) in [7, 11) is -1.94. The first-order chi connectivity index (χ1) is 10.5. The molecule has 0 aromatic carbocycles. The maximum atomic E-state index is 12.0. The van der Waals surface area contributed by atoms with Crippen molar-refractivity contribution in [2.75, 3.05) is 0 Å². The first-order valence-electron chi connectivity index (χ1n) is 9.05. The third-order valence-electron chi connectivity index (χ3n) is 4.81. The van der Waals surface area contributed by atoms with Crippen LogP contribution in [0.5, 0.6) is 0 Å². The van der Waals surface area contributed by atoms with Crippen LogP contribution >= 0.6 is 0 Å². The van der Waals surface area contributed by atoms with Crippen molar-refractivity contribution in [2.24, 2.45) is 11.8 Å². The zero-order valence-corrected chi connectivity index (χ0v) is 18.7. The van der Waals surface area contributed by atoms with Gasteiger partial charge in [0, 0.05) is 5.92 Å². The number of ether oxygens (including phenoxy) is 1. The van der Waals surface area contributed by atoms with Gasteiger partial charge in [-0.15, -0.1) is 0 Å². The van der Waals surface area contributed by atoms with Crippen LogP contribution in [0, 0.1) is 11.8 Å². The number of esters is 1. The molecule has 0 fully saturated rings. The fraction of sp³-hybridized carbons (Fsp3) is 0.947. The Hall–Kier alpha value is -0.393. The van der Waals surface area contributed by atoms with E-state index in [-0.39, 0.29) is 35.4 Å². The fourth-order valence-electron chi connectivity index (χ4n) is 2.33. The van der Waals surface area contributed by atoms with Gasteiger partial charge in [-0.05, 0) is 44.8 Å². The molecule has 0 saturated heterocycles. The predicted molar refractivity (Wildman–Crippen MR) is 103 cm³/mol. The third kappa shape index (κ3) is 7.66. The Labute approximate surface area is 150 Å². The van der Waals surface area contributed by atoms with Crippen LogP contribution in [0.1, 0.15) is 68.7 Å². The molecule has 0 aromatic rings. The lowest BCUT2D eigenvalue weighted by atomic mass is 9.89. The molecule has 0 aliphatic rings. The van der Waals surface area contributed by atoms with Crippen LogP contribution in [0.4, 0.5) is 0 Å². The van der Waals surface area contributed by atoms with Gasteiger partial charge in [0.15, 0.2) is 8.32 Å². The zero-order valence-electron chi connectivity index (χ0n) is 17.7. The van der Waals surface area contributed by atoms with E-state index in [0.29, 0.717) is 0 Å². The summed E-state index contributed by atoms with van der Waals surface area (Å²) in [5.74, 6) is -0.231. The van der Waals surface area contributed by atoms with Crippen molar-refractivity contribution in [3.63, 3.8) is 0 Å². The SMILES string of the molecule is CC(C)[C@@H](O[Si](C)(C)C(C)(C)C)[C@@H](C)[C@H](O)CC(=O)OC(C)(C)C. The molecule has 0 aliphatic heterocycles. The van der Waals surface area contributed by atoms with E-state index in [1.165, 1.54) is 0 Å². The minimum absolute atomic E-state index is 0.00250. The number of carbonyl (C=O) groups excluding carboxylic acids is 1. The Morgan fingerprint density at radius 1 is 1.04 bits per heavy atom. The van der Waals surface area contributed by atoms with Crippen molar-refractivity contribution in [3.05, 3.63) is 0 Å². The minimum atomic E-state index is -1.94. The summed E-state index contributed by atoms with van der Waals surface area (Å²) in [6.07, 6.45) is -0.844. The Balaban J connectivity index is 5.04. The van der Waals surface area contributed by atoms with Gasteiger partial charge in [0.05, 0.1) is 18.6 Å². The zero-order chi connectivity index (χ0) is 19.5. The van der Waals surface area contributed by atoms with Crippen molar-refractivity contribution in [2.45, 2.75) is 105 Å². The van der Waals surface area contributed by atoms with E-state index < -0.39 is 20.0 Å². The second-order valence-electron chi connectivity index (χ2n) is 9.80. The smallest absolute Gasteiger partial charge is 0.308 e. The summed E-state index contributed by atoms with van der Waals surface area (Å²) in [4.78, 5) is 12.0. The van der Waals surface area contributed by atoms with Gasteiger partial charge in [0.2, 0.25) is 0 Å². The topological polar surface area (TPSA) is 55.8 Å². The van der Waals surface area contributed by atoms with Crippen molar-refractivity contribution < 1.29 is 19.1 Å². The monoisotopic (exact) mass is 360 g/mol. The van der Waals surface area contributed by atoms with E-state index in [0.717, 1.165) is 0 Å². The lowest BCUT2D eigenvalue weighted by molar-refractivity contribution is -0.158. The highest BCUT2D eigenvalue weighted by atomic mass is 28.4. The van der Waals surface area contributed by atoms with E-state index in [1.807, 2.05) is 27.7 Å². The van der Waals surface area contributed by atoms with Crippen molar-refractivity contribution in [1.29, 1.82) is 0 Å². The molecule has 5 heteroatoms. The van der Waals surface area contributed by atoms with Gasteiger partial charge in [-0.1, -0.05) is 41.5 Å². The first-order valence-corrected chi connectivity index (χ1v) is 12.0. The normalized spacial score (nSPS) is 17.5. The van der Waals surface area contributed by atoms with Gasteiger partial charge in [-0.25, -0.2) is 0 Å². The van der Waals surface area contributed by atoms with Crippen LogP contribution in [0.2, 0.25) is 18.1 Å². The lowest BCUT2D eigenvalue weighted by Crippen LogP contribution is -2.49. The fourth-order valence-corrected chi connectivity index (χ4v) is 3.85. The maximum Gasteiger partial charge on any atom is 0.308 e. The number of rotatable bonds is 7. The predicted octanol–water partition coefficient (Wildman–Crippen LogP) is 4.76. The van der Waals surface area contributed by atoms with E-state index in [2.05, 4.69) is 47.7 Å². The molecule has 4 nitrogen and oxygen atoms in total. The molecule has 0 unspecified atom stereocenters. The second kappa shape index (κ2) is 8.32. The molecular formula is C19H40O4Si. The molecule has 0 aromatic heterocycles. The van der Waals surface area contributed by atoms with E-state index in [1.54, 1.807) is 0 Å². The first kappa shape index (κ1) is 23.6. The van der Waals surface area contributed by atoms with Crippen LogP contribution < -0.4 is 0 Å². The van der Waals surface area contributed by atoms with Crippen LogP contribution in [-0.4, -0.2) is 37.2 Å². The Morgan fingerprint density at radius 2 is 1.50 bits per heavy atom. The maximum absolute atomic E-state index is 12.0. The van der Waals surface area contributed by atoms with E-state index >= 15 is 0 Å². The van der Waals surface area contributed by atoms with Gasteiger partial charge in [0.1, 0.15) is 5.60 Å². The van der Waals surface area contributed by atoms with Crippen LogP contribution in [0.3, 0.4) is 0 Å². The number of hydrogen-bond donors (Lipinski definition) is 1. The van der Waals surface area contributed by atoms with E-state index in [4.69, 9.17) is 9.16 Å². The summed E-state index contributed by atoms with van der Waals surface area (Å²) in [5.41, 5.74) is -0.533. The Bertz CT molecular complexity index is 405. The summed E-state index contributed by atoms with van der Waals surface area (Å²) >= 11 is 0. The Morgan fingerprint density at radius 3 is 1.83 bits per heavy atom. The molecule has 0 aliphatic carbocycles. The van der Waals surface area contributed by atoms with Crippen molar-refractivity contribution in [3.8, 4) is 0 Å². The van der Waals surface area contributed by atoms with Gasteiger partial charge in [-0.3, -0.25) is 4.79 Å². The van der Waals surface area contributed by atoms with Crippen molar-refractivity contribution in [1.82, 2.24) is 0 Å². The number of carbonyl (C=O) groups is 1. The lowest BCUT2D eigenvalue weighted by Gasteiger charge is -2.43. The molecule has 0 heterocycles. The average Bonchev–Trinajstić information content (AvgIpc) is 2.30. The highest BCUT2D eigenvalue weighted by Gasteiger charge is 2.42. The van der Waals surface area contributed by atoms with Crippen molar-refractivity contribution >= 4 is 14.3 Å². The average molecular weight is 361 g/mol. The molecule has 0 spiro atoms. The van der Waals surface area contributed by atoms with Crippen LogP contribution in [-0.2, 0) is 14.0 Å². The summed E-state index contributed by atoms with van der Waals surface area (Å²) < 4.78 is 11.9. The quantitative estimate of drug-likeness (QED) is 0.525. The minimum Gasteiger partial charge on any atom is -0.460 e. The summed E-state index contributed by atoms with van der Waals surface area (Å²) in [6, 6.07) is 0. The molecule has 0 radical (unpaired) electrons. The molecule has 24 heavy (non-hydrogen) atoms. The molecule has 0 rings (SSSR count). The van der Waals surface area contributed by atoms with Gasteiger partial charge in [0.25, 0.3) is 0 Å². The molecule has 1 N–H and O–H groups in total. The number of aliphatic hydroxyl groups is 1. The molecule has 3 atom stereocenters. The van der Waals surface area contributed by atoms with Gasteiger partial charge < -0.3 is 14.3 Å². The summed E-state index contributed by atoms with van der Waals surface area (Å²) in [5, 5.41) is 10.6. The van der Waals surface area contributed by atoms with Crippen LogP contribution in [0.25, 0.3) is 0 Å². The number of aliphatic hydroxyl groups excluding tert-OH is 1. The largest absolute Gasteiger partial charge is 0.460 e. The standard InChI is InChI=1S/C19H40O4Si/c1-13(2)17(23-24(10,11)19(7,8)9)14(3)15(20)12-16(21)22-18(4,5)6/h13-15,17,20H,12H2,1-11H3/t14-,15+,17+/m0/s1. The highest BCUT2D eigenvalue weighted by Crippen LogP contribution is 2.39. The second-order valence-corrected chi connectivity index (χ2v) is 14.6. The molecule has 0 bridgehead atoms.